The summed E-state index contributed by atoms with van der Waals surface area (Å²) in [5, 5.41) is 12.1. The number of nitrogens with zero attached hydrogens (tertiary/aromatic N) is 1. The molecule has 0 amide bonds. The topological polar surface area (TPSA) is 32.7 Å². The third kappa shape index (κ3) is 3.79. The fourth-order valence-electron chi connectivity index (χ4n) is 3.21. The molecule has 0 bridgehead atoms. The fourth-order valence-corrected chi connectivity index (χ4v) is 3.21. The summed E-state index contributed by atoms with van der Waals surface area (Å²) in [6.07, 6.45) is 2.01. The van der Waals surface area contributed by atoms with Crippen LogP contribution in [0, 0.1) is 5.92 Å². The maximum absolute atomic E-state index is 9.63. The Kier molecular flexibility index (Phi) is 4.96. The van der Waals surface area contributed by atoms with E-state index in [4.69, 9.17) is 4.74 Å². The van der Waals surface area contributed by atoms with Gasteiger partial charge in [-0.15, -0.1) is 0 Å². The summed E-state index contributed by atoms with van der Waals surface area (Å²) >= 11 is 0. The molecular weight excluding hydrogens is 274 g/mol. The SMILES string of the molecule is CC(O)C1CCN(CCOc2ccc3ccccc3c2)CC1. The van der Waals surface area contributed by atoms with E-state index in [9.17, 15) is 5.11 Å². The van der Waals surface area contributed by atoms with Crippen molar-refractivity contribution >= 4 is 10.8 Å². The van der Waals surface area contributed by atoms with Gasteiger partial charge in [0.15, 0.2) is 0 Å². The van der Waals surface area contributed by atoms with Crippen LogP contribution in [-0.4, -0.2) is 42.4 Å². The van der Waals surface area contributed by atoms with Crippen molar-refractivity contribution in [2.75, 3.05) is 26.2 Å². The number of hydrogen-bond acceptors (Lipinski definition) is 3. The maximum Gasteiger partial charge on any atom is 0.120 e. The molecule has 1 saturated heterocycles. The highest BCUT2D eigenvalue weighted by molar-refractivity contribution is 5.83. The van der Waals surface area contributed by atoms with Gasteiger partial charge in [-0.25, -0.2) is 0 Å². The predicted octanol–water partition coefficient (Wildman–Crippen LogP) is 3.31. The fraction of sp³-hybridized carbons (Fsp3) is 0.474. The standard InChI is InChI=1S/C19H25NO2/c1-15(21)16-8-10-20(11-9-16)12-13-22-19-7-6-17-4-2-3-5-18(17)14-19/h2-7,14-16,21H,8-13H2,1H3. The van der Waals surface area contributed by atoms with Gasteiger partial charge in [-0.1, -0.05) is 30.3 Å². The number of fused-ring (bicyclic) bond motifs is 1. The van der Waals surface area contributed by atoms with Crippen LogP contribution in [0.4, 0.5) is 0 Å². The van der Waals surface area contributed by atoms with Crippen LogP contribution in [0.25, 0.3) is 10.8 Å². The lowest BCUT2D eigenvalue weighted by Crippen LogP contribution is -2.39. The Labute approximate surface area is 132 Å². The van der Waals surface area contributed by atoms with E-state index in [0.29, 0.717) is 5.92 Å². The monoisotopic (exact) mass is 299 g/mol. The average Bonchev–Trinajstić information content (AvgIpc) is 2.55. The van der Waals surface area contributed by atoms with Gasteiger partial charge in [0, 0.05) is 6.54 Å². The second kappa shape index (κ2) is 7.12. The van der Waals surface area contributed by atoms with Crippen molar-refractivity contribution in [1.82, 2.24) is 4.90 Å². The van der Waals surface area contributed by atoms with Crippen molar-refractivity contribution in [1.29, 1.82) is 0 Å². The van der Waals surface area contributed by atoms with Crippen molar-refractivity contribution in [2.45, 2.75) is 25.9 Å². The van der Waals surface area contributed by atoms with E-state index in [0.717, 1.165) is 44.8 Å². The Bertz CT molecular complexity index is 603. The normalized spacial score (nSPS) is 18.5. The van der Waals surface area contributed by atoms with Gasteiger partial charge in [-0.2, -0.15) is 0 Å². The van der Waals surface area contributed by atoms with Gasteiger partial charge in [-0.3, -0.25) is 4.90 Å². The smallest absolute Gasteiger partial charge is 0.120 e. The Hall–Kier alpha value is -1.58. The number of rotatable bonds is 5. The molecule has 0 radical (unpaired) electrons. The van der Waals surface area contributed by atoms with Crippen molar-refractivity contribution in [3.63, 3.8) is 0 Å². The van der Waals surface area contributed by atoms with Gasteiger partial charge >= 0.3 is 0 Å². The van der Waals surface area contributed by atoms with Gasteiger partial charge in [0.2, 0.25) is 0 Å². The highest BCUT2D eigenvalue weighted by Crippen LogP contribution is 2.22. The predicted molar refractivity (Wildman–Crippen MR) is 90.3 cm³/mol. The Morgan fingerprint density at radius 1 is 1.14 bits per heavy atom. The summed E-state index contributed by atoms with van der Waals surface area (Å²) in [5.74, 6) is 1.41. The number of piperidine rings is 1. The molecule has 1 aliphatic rings. The number of benzene rings is 2. The number of aliphatic hydroxyl groups excluding tert-OH is 1. The molecule has 1 unspecified atom stereocenters. The molecule has 0 spiro atoms. The number of likely N-dealkylation sites (tertiary alicyclic amines) is 1. The quantitative estimate of drug-likeness (QED) is 0.919. The highest BCUT2D eigenvalue weighted by Gasteiger charge is 2.22. The Morgan fingerprint density at radius 2 is 1.86 bits per heavy atom. The molecule has 1 aliphatic heterocycles. The molecule has 118 valence electrons. The minimum Gasteiger partial charge on any atom is -0.492 e. The summed E-state index contributed by atoms with van der Waals surface area (Å²) in [7, 11) is 0. The number of aliphatic hydroxyl groups is 1. The first-order valence-corrected chi connectivity index (χ1v) is 8.24. The second-order valence-electron chi connectivity index (χ2n) is 6.28. The molecule has 2 aromatic carbocycles. The van der Waals surface area contributed by atoms with Gasteiger partial charge in [-0.05, 0) is 61.7 Å². The number of ether oxygens (including phenoxy) is 1. The van der Waals surface area contributed by atoms with Crippen LogP contribution in [0.1, 0.15) is 19.8 Å². The molecule has 1 fully saturated rings. The van der Waals surface area contributed by atoms with Crippen LogP contribution in [0.15, 0.2) is 42.5 Å². The molecule has 3 rings (SSSR count). The largest absolute Gasteiger partial charge is 0.492 e. The van der Waals surface area contributed by atoms with E-state index >= 15 is 0 Å². The van der Waals surface area contributed by atoms with E-state index < -0.39 is 0 Å². The van der Waals surface area contributed by atoms with Crippen LogP contribution in [0.2, 0.25) is 0 Å². The van der Waals surface area contributed by atoms with E-state index in [1.165, 1.54) is 10.8 Å². The number of hydrogen-bond donors (Lipinski definition) is 1. The second-order valence-corrected chi connectivity index (χ2v) is 6.28. The molecule has 3 nitrogen and oxygen atoms in total. The molecule has 0 saturated carbocycles. The average molecular weight is 299 g/mol. The lowest BCUT2D eigenvalue weighted by molar-refractivity contribution is 0.0672. The van der Waals surface area contributed by atoms with Crippen LogP contribution in [-0.2, 0) is 0 Å². The molecule has 22 heavy (non-hydrogen) atoms. The molecule has 2 aromatic rings. The molecular formula is C19H25NO2. The third-order valence-electron chi connectivity index (χ3n) is 4.71. The lowest BCUT2D eigenvalue weighted by Gasteiger charge is -2.33. The van der Waals surface area contributed by atoms with Crippen molar-refractivity contribution in [3.05, 3.63) is 42.5 Å². The summed E-state index contributed by atoms with van der Waals surface area (Å²) in [6.45, 7) is 5.72. The third-order valence-corrected chi connectivity index (χ3v) is 4.71. The van der Waals surface area contributed by atoms with E-state index in [1.807, 2.05) is 13.0 Å². The molecule has 3 heteroatoms. The van der Waals surface area contributed by atoms with Crippen molar-refractivity contribution < 1.29 is 9.84 Å². The van der Waals surface area contributed by atoms with Crippen LogP contribution in [0.5, 0.6) is 5.75 Å². The van der Waals surface area contributed by atoms with E-state index in [1.54, 1.807) is 0 Å². The van der Waals surface area contributed by atoms with Crippen molar-refractivity contribution in [2.24, 2.45) is 5.92 Å². The van der Waals surface area contributed by atoms with Gasteiger partial charge in [0.1, 0.15) is 12.4 Å². The lowest BCUT2D eigenvalue weighted by atomic mass is 9.92. The zero-order valence-corrected chi connectivity index (χ0v) is 13.2. The van der Waals surface area contributed by atoms with Crippen molar-refractivity contribution in [3.8, 4) is 5.75 Å². The Morgan fingerprint density at radius 3 is 2.59 bits per heavy atom. The first kappa shape index (κ1) is 15.3. The summed E-state index contributed by atoms with van der Waals surface area (Å²) in [6, 6.07) is 14.6. The van der Waals surface area contributed by atoms with Gasteiger partial charge in [0.25, 0.3) is 0 Å². The minimum absolute atomic E-state index is 0.170. The molecule has 1 atom stereocenters. The zero-order valence-electron chi connectivity index (χ0n) is 13.2. The summed E-state index contributed by atoms with van der Waals surface area (Å²) in [4.78, 5) is 2.43. The first-order chi connectivity index (χ1) is 10.7. The Balaban J connectivity index is 1.46. The highest BCUT2D eigenvalue weighted by atomic mass is 16.5. The van der Waals surface area contributed by atoms with Crippen LogP contribution >= 0.6 is 0 Å². The molecule has 0 aliphatic carbocycles. The van der Waals surface area contributed by atoms with Gasteiger partial charge in [0.05, 0.1) is 6.10 Å². The van der Waals surface area contributed by atoms with Gasteiger partial charge < -0.3 is 9.84 Å². The van der Waals surface area contributed by atoms with E-state index in [2.05, 4.69) is 41.3 Å². The minimum atomic E-state index is -0.170. The van der Waals surface area contributed by atoms with Crippen LogP contribution in [0.3, 0.4) is 0 Å². The summed E-state index contributed by atoms with van der Waals surface area (Å²) in [5.41, 5.74) is 0. The summed E-state index contributed by atoms with van der Waals surface area (Å²) < 4.78 is 5.90. The van der Waals surface area contributed by atoms with E-state index in [-0.39, 0.29) is 6.10 Å². The molecule has 1 heterocycles. The van der Waals surface area contributed by atoms with Crippen LogP contribution < -0.4 is 4.74 Å². The first-order valence-electron chi connectivity index (χ1n) is 8.24. The molecule has 1 N–H and O–H groups in total. The maximum atomic E-state index is 9.63. The zero-order chi connectivity index (χ0) is 15.4. The molecule has 0 aromatic heterocycles.